The van der Waals surface area contributed by atoms with E-state index in [1.807, 2.05) is 18.0 Å². The Morgan fingerprint density at radius 3 is 2.42 bits per heavy atom. The van der Waals surface area contributed by atoms with Crippen molar-refractivity contribution in [1.82, 2.24) is 10.2 Å². The maximum absolute atomic E-state index is 13.5. The SMILES string of the molecule is CC1=C(C(=O)OCCN(C)Cc2ccc(F)cc2)[C@@H](c2cccc3c2OCO3)C(C(=O)OC(C)C)=C(C)N1. The Labute approximate surface area is 222 Å². The van der Waals surface area contributed by atoms with Gasteiger partial charge in [-0.25, -0.2) is 14.0 Å². The molecule has 2 aromatic rings. The molecule has 0 unspecified atom stereocenters. The first-order chi connectivity index (χ1) is 18.2. The summed E-state index contributed by atoms with van der Waals surface area (Å²) in [6.07, 6.45) is -0.344. The summed E-state index contributed by atoms with van der Waals surface area (Å²) in [6.45, 7) is 8.31. The zero-order valence-corrected chi connectivity index (χ0v) is 22.3. The lowest BCUT2D eigenvalue weighted by molar-refractivity contribution is -0.143. The fourth-order valence-corrected chi connectivity index (χ4v) is 4.66. The van der Waals surface area contributed by atoms with Crippen molar-refractivity contribution in [2.75, 3.05) is 27.0 Å². The summed E-state index contributed by atoms with van der Waals surface area (Å²) >= 11 is 0. The van der Waals surface area contributed by atoms with Crippen molar-refractivity contribution in [3.63, 3.8) is 0 Å². The van der Waals surface area contributed by atoms with Crippen molar-refractivity contribution in [1.29, 1.82) is 0 Å². The molecule has 2 aliphatic heterocycles. The van der Waals surface area contributed by atoms with Crippen LogP contribution in [0.5, 0.6) is 11.5 Å². The minimum atomic E-state index is -0.774. The maximum Gasteiger partial charge on any atom is 0.337 e. The van der Waals surface area contributed by atoms with E-state index in [2.05, 4.69) is 5.32 Å². The maximum atomic E-state index is 13.5. The van der Waals surface area contributed by atoms with E-state index in [0.29, 0.717) is 52.7 Å². The lowest BCUT2D eigenvalue weighted by Crippen LogP contribution is -2.34. The number of hydrogen-bond donors (Lipinski definition) is 1. The second kappa shape index (κ2) is 11.7. The molecule has 202 valence electrons. The Morgan fingerprint density at radius 2 is 1.74 bits per heavy atom. The third kappa shape index (κ3) is 5.99. The second-order valence-corrected chi connectivity index (χ2v) is 9.67. The molecule has 2 aromatic carbocycles. The lowest BCUT2D eigenvalue weighted by atomic mass is 9.80. The average Bonchev–Trinajstić information content (AvgIpc) is 3.33. The van der Waals surface area contributed by atoms with E-state index in [9.17, 15) is 14.0 Å². The molecular weight excluding hydrogens is 491 g/mol. The van der Waals surface area contributed by atoms with Crippen molar-refractivity contribution in [3.8, 4) is 11.5 Å². The monoisotopic (exact) mass is 524 g/mol. The molecule has 2 heterocycles. The highest BCUT2D eigenvalue weighted by Gasteiger charge is 2.40. The first-order valence-corrected chi connectivity index (χ1v) is 12.5. The highest BCUT2D eigenvalue weighted by atomic mass is 19.1. The van der Waals surface area contributed by atoms with E-state index >= 15 is 0 Å². The molecule has 0 amide bonds. The fourth-order valence-electron chi connectivity index (χ4n) is 4.66. The number of dihydropyridines is 1. The van der Waals surface area contributed by atoms with Gasteiger partial charge in [-0.15, -0.1) is 0 Å². The summed E-state index contributed by atoms with van der Waals surface area (Å²) in [5.41, 5.74) is 3.35. The largest absolute Gasteiger partial charge is 0.461 e. The molecular formula is C29H33FN2O6. The van der Waals surface area contributed by atoms with Crippen molar-refractivity contribution in [2.24, 2.45) is 0 Å². The standard InChI is InChI=1S/C29H33FN2O6/c1-17(2)38-29(34)25-19(4)31-18(3)24(26(25)22-7-6-8-23-27(22)37-16-36-23)28(33)35-14-13-32(5)15-20-9-11-21(30)12-10-20/h6-12,17,26,31H,13-16H2,1-5H3/t26-/m1/s1. The van der Waals surface area contributed by atoms with Gasteiger partial charge in [-0.05, 0) is 58.5 Å². The van der Waals surface area contributed by atoms with Crippen LogP contribution in [0, 0.1) is 5.82 Å². The van der Waals surface area contributed by atoms with Gasteiger partial charge in [0, 0.05) is 30.0 Å². The summed E-state index contributed by atoms with van der Waals surface area (Å²) in [4.78, 5) is 28.8. The zero-order chi connectivity index (χ0) is 27.4. The van der Waals surface area contributed by atoms with Crippen LogP contribution in [0.15, 0.2) is 65.0 Å². The molecule has 9 heteroatoms. The van der Waals surface area contributed by atoms with E-state index in [-0.39, 0.29) is 25.3 Å². The number of carbonyl (C=O) groups is 2. The number of ether oxygens (including phenoxy) is 4. The van der Waals surface area contributed by atoms with Gasteiger partial charge in [0.1, 0.15) is 12.4 Å². The number of halogens is 1. The van der Waals surface area contributed by atoms with Gasteiger partial charge in [0.25, 0.3) is 0 Å². The molecule has 8 nitrogen and oxygen atoms in total. The molecule has 4 rings (SSSR count). The van der Waals surface area contributed by atoms with Gasteiger partial charge in [0.15, 0.2) is 11.5 Å². The van der Waals surface area contributed by atoms with Gasteiger partial charge in [0.2, 0.25) is 6.79 Å². The van der Waals surface area contributed by atoms with Crippen LogP contribution in [0.2, 0.25) is 0 Å². The number of carbonyl (C=O) groups excluding carboxylic acids is 2. The third-order valence-corrected chi connectivity index (χ3v) is 6.35. The minimum absolute atomic E-state index is 0.0503. The molecule has 1 N–H and O–H groups in total. The van der Waals surface area contributed by atoms with Crippen LogP contribution in [0.3, 0.4) is 0 Å². The van der Waals surface area contributed by atoms with Gasteiger partial charge >= 0.3 is 11.9 Å². The average molecular weight is 525 g/mol. The zero-order valence-electron chi connectivity index (χ0n) is 22.3. The van der Waals surface area contributed by atoms with Gasteiger partial charge < -0.3 is 24.3 Å². The topological polar surface area (TPSA) is 86.3 Å². The number of hydrogen-bond acceptors (Lipinski definition) is 8. The number of nitrogens with one attached hydrogen (secondary N) is 1. The number of nitrogens with zero attached hydrogens (tertiary/aromatic N) is 1. The number of allylic oxidation sites excluding steroid dienone is 2. The summed E-state index contributed by atoms with van der Waals surface area (Å²) in [5, 5.41) is 3.16. The Hall–Kier alpha value is -3.85. The van der Waals surface area contributed by atoms with Crippen LogP contribution in [0.25, 0.3) is 0 Å². The first kappa shape index (κ1) is 27.2. The summed E-state index contributed by atoms with van der Waals surface area (Å²) in [7, 11) is 1.89. The molecule has 38 heavy (non-hydrogen) atoms. The van der Waals surface area contributed by atoms with Crippen molar-refractivity contribution in [3.05, 3.63) is 81.9 Å². The van der Waals surface area contributed by atoms with Crippen molar-refractivity contribution >= 4 is 11.9 Å². The summed E-state index contributed by atoms with van der Waals surface area (Å²) in [6, 6.07) is 11.7. The predicted molar refractivity (Wildman–Crippen MR) is 139 cm³/mol. The quantitative estimate of drug-likeness (QED) is 0.483. The molecule has 0 saturated carbocycles. The van der Waals surface area contributed by atoms with Crippen LogP contribution >= 0.6 is 0 Å². The molecule has 0 radical (unpaired) electrons. The van der Waals surface area contributed by atoms with E-state index in [1.54, 1.807) is 52.0 Å². The fraction of sp³-hybridized carbons (Fsp3) is 0.379. The van der Waals surface area contributed by atoms with E-state index in [1.165, 1.54) is 12.1 Å². The van der Waals surface area contributed by atoms with Gasteiger partial charge in [0.05, 0.1) is 23.2 Å². The molecule has 0 aromatic heterocycles. The van der Waals surface area contributed by atoms with Gasteiger partial charge in [-0.1, -0.05) is 24.3 Å². The number of rotatable bonds is 9. The van der Waals surface area contributed by atoms with Gasteiger partial charge in [-0.3, -0.25) is 4.90 Å². The molecule has 1 atom stereocenters. The number of likely N-dealkylation sites (N-methyl/N-ethyl adjacent to an activating group) is 1. The van der Waals surface area contributed by atoms with Crippen LogP contribution in [-0.4, -0.2) is 49.9 Å². The minimum Gasteiger partial charge on any atom is -0.461 e. The Kier molecular flexibility index (Phi) is 8.36. The normalized spacial score (nSPS) is 16.7. The van der Waals surface area contributed by atoms with Crippen LogP contribution in [-0.2, 0) is 25.6 Å². The van der Waals surface area contributed by atoms with Gasteiger partial charge in [-0.2, -0.15) is 0 Å². The van der Waals surface area contributed by atoms with E-state index in [0.717, 1.165) is 5.56 Å². The Bertz CT molecular complexity index is 1270. The number of benzene rings is 2. The van der Waals surface area contributed by atoms with E-state index < -0.39 is 17.9 Å². The second-order valence-electron chi connectivity index (χ2n) is 9.67. The van der Waals surface area contributed by atoms with Crippen molar-refractivity contribution < 1.29 is 32.9 Å². The molecule has 0 bridgehead atoms. The molecule has 0 aliphatic carbocycles. The highest BCUT2D eigenvalue weighted by molar-refractivity contribution is 6.00. The van der Waals surface area contributed by atoms with Crippen molar-refractivity contribution in [2.45, 2.75) is 46.3 Å². The summed E-state index contributed by atoms with van der Waals surface area (Å²) in [5.74, 6) is -1.10. The third-order valence-electron chi connectivity index (χ3n) is 6.35. The smallest absolute Gasteiger partial charge is 0.337 e. The number of para-hydroxylation sites is 1. The molecule has 0 fully saturated rings. The molecule has 2 aliphatic rings. The summed E-state index contributed by atoms with van der Waals surface area (Å²) < 4.78 is 35.8. The van der Waals surface area contributed by atoms with Crippen LogP contribution in [0.1, 0.15) is 44.7 Å². The highest BCUT2D eigenvalue weighted by Crippen LogP contribution is 2.47. The van der Waals surface area contributed by atoms with Crippen LogP contribution in [0.4, 0.5) is 4.39 Å². The number of esters is 2. The lowest BCUT2D eigenvalue weighted by Gasteiger charge is -2.31. The molecule has 0 spiro atoms. The Morgan fingerprint density at radius 1 is 1.05 bits per heavy atom. The van der Waals surface area contributed by atoms with E-state index in [4.69, 9.17) is 18.9 Å². The molecule has 0 saturated heterocycles. The van der Waals surface area contributed by atoms with Crippen LogP contribution < -0.4 is 14.8 Å². The first-order valence-electron chi connectivity index (χ1n) is 12.5. The number of fused-ring (bicyclic) bond motifs is 1. The predicted octanol–water partition coefficient (Wildman–Crippen LogP) is 4.42. The Balaban J connectivity index is 1.57.